The van der Waals surface area contributed by atoms with Gasteiger partial charge in [0.1, 0.15) is 17.7 Å². The molecular formula is C15H11ClF2O3. The van der Waals surface area contributed by atoms with Gasteiger partial charge in [-0.3, -0.25) is 0 Å². The van der Waals surface area contributed by atoms with E-state index in [9.17, 15) is 13.9 Å². The summed E-state index contributed by atoms with van der Waals surface area (Å²) in [4.78, 5) is 0. The molecule has 0 saturated heterocycles. The highest BCUT2D eigenvalue weighted by molar-refractivity contribution is 6.32. The first-order valence-electron chi connectivity index (χ1n) is 6.20. The zero-order valence-electron chi connectivity index (χ0n) is 11.0. The van der Waals surface area contributed by atoms with Crippen LogP contribution >= 0.6 is 11.6 Å². The first-order chi connectivity index (χ1) is 9.99. The van der Waals surface area contributed by atoms with Crippen LogP contribution in [0.2, 0.25) is 5.02 Å². The fourth-order valence-corrected chi connectivity index (χ4v) is 2.51. The molecule has 0 aromatic heterocycles. The molecule has 1 aliphatic rings. The van der Waals surface area contributed by atoms with Crippen LogP contribution in [0.1, 0.15) is 22.8 Å². The Kier molecular flexibility index (Phi) is 3.47. The third-order valence-electron chi connectivity index (χ3n) is 3.36. The fraction of sp³-hybridized carbons (Fsp3) is 0.200. The topological polar surface area (TPSA) is 38.7 Å². The van der Waals surface area contributed by atoms with E-state index in [-0.39, 0.29) is 22.9 Å². The molecule has 1 unspecified atom stereocenters. The number of ether oxygens (including phenoxy) is 2. The molecule has 2 aromatic carbocycles. The zero-order valence-corrected chi connectivity index (χ0v) is 11.7. The van der Waals surface area contributed by atoms with Gasteiger partial charge in [0.2, 0.25) is 6.79 Å². The normalized spacial score (nSPS) is 14.3. The summed E-state index contributed by atoms with van der Waals surface area (Å²) in [5.41, 5.74) is 0.0647. The molecule has 2 aromatic rings. The van der Waals surface area contributed by atoms with Gasteiger partial charge in [-0.1, -0.05) is 17.7 Å². The van der Waals surface area contributed by atoms with E-state index in [1.165, 1.54) is 25.1 Å². The standard InChI is InChI=1S/C15H11ClF2O3/c1-7-2-3-10(17)12(13(7)18)14(19)8-4-9(16)15-11(5-8)20-6-21-15/h2-5,14,19H,6H2,1H3. The Bertz CT molecular complexity index is 719. The van der Waals surface area contributed by atoms with Crippen molar-refractivity contribution in [1.29, 1.82) is 0 Å². The van der Waals surface area contributed by atoms with Gasteiger partial charge in [-0.2, -0.15) is 0 Å². The molecule has 0 aliphatic carbocycles. The van der Waals surface area contributed by atoms with Crippen molar-refractivity contribution < 1.29 is 23.4 Å². The lowest BCUT2D eigenvalue weighted by molar-refractivity contribution is 0.173. The van der Waals surface area contributed by atoms with Crippen molar-refractivity contribution in [2.45, 2.75) is 13.0 Å². The number of rotatable bonds is 2. The Hall–Kier alpha value is -1.85. The number of aryl methyl sites for hydroxylation is 1. The summed E-state index contributed by atoms with van der Waals surface area (Å²) in [6, 6.07) is 5.29. The second-order valence-electron chi connectivity index (χ2n) is 4.73. The van der Waals surface area contributed by atoms with Crippen molar-refractivity contribution in [3.63, 3.8) is 0 Å². The third kappa shape index (κ3) is 2.32. The van der Waals surface area contributed by atoms with Gasteiger partial charge in [-0.05, 0) is 36.2 Å². The smallest absolute Gasteiger partial charge is 0.231 e. The van der Waals surface area contributed by atoms with Gasteiger partial charge in [0, 0.05) is 0 Å². The van der Waals surface area contributed by atoms with Crippen molar-refractivity contribution in [2.75, 3.05) is 6.79 Å². The minimum Gasteiger partial charge on any atom is -0.454 e. The molecule has 1 atom stereocenters. The van der Waals surface area contributed by atoms with Crippen LogP contribution in [-0.4, -0.2) is 11.9 Å². The number of fused-ring (bicyclic) bond motifs is 1. The lowest BCUT2D eigenvalue weighted by Gasteiger charge is -2.15. The Morgan fingerprint density at radius 1 is 1.24 bits per heavy atom. The number of aliphatic hydroxyl groups is 1. The van der Waals surface area contributed by atoms with Crippen LogP contribution in [0.4, 0.5) is 8.78 Å². The van der Waals surface area contributed by atoms with Crippen LogP contribution < -0.4 is 9.47 Å². The number of aliphatic hydroxyl groups excluding tert-OH is 1. The molecule has 3 rings (SSSR count). The Labute approximate surface area is 124 Å². The molecule has 0 bridgehead atoms. The van der Waals surface area contributed by atoms with E-state index in [1.54, 1.807) is 0 Å². The lowest BCUT2D eigenvalue weighted by atomic mass is 9.98. The average Bonchev–Trinajstić information content (AvgIpc) is 2.92. The molecule has 0 spiro atoms. The SMILES string of the molecule is Cc1ccc(F)c(C(O)c2cc(Cl)c3c(c2)OCO3)c1F. The molecule has 0 saturated carbocycles. The largest absolute Gasteiger partial charge is 0.454 e. The van der Waals surface area contributed by atoms with Gasteiger partial charge in [-0.25, -0.2) is 8.78 Å². The van der Waals surface area contributed by atoms with E-state index in [2.05, 4.69) is 0 Å². The van der Waals surface area contributed by atoms with Crippen LogP contribution in [0.3, 0.4) is 0 Å². The molecule has 0 amide bonds. The second kappa shape index (κ2) is 5.16. The predicted octanol–water partition coefficient (Wildman–Crippen LogP) is 3.74. The Morgan fingerprint density at radius 3 is 2.76 bits per heavy atom. The summed E-state index contributed by atoms with van der Waals surface area (Å²) >= 11 is 6.01. The van der Waals surface area contributed by atoms with E-state index in [0.717, 1.165) is 6.07 Å². The molecular weight excluding hydrogens is 302 g/mol. The number of benzene rings is 2. The van der Waals surface area contributed by atoms with E-state index in [1.807, 2.05) is 0 Å². The van der Waals surface area contributed by atoms with Crippen LogP contribution in [-0.2, 0) is 0 Å². The second-order valence-corrected chi connectivity index (χ2v) is 5.14. The van der Waals surface area contributed by atoms with Gasteiger partial charge < -0.3 is 14.6 Å². The summed E-state index contributed by atoms with van der Waals surface area (Å²) in [5.74, 6) is -0.904. The van der Waals surface area contributed by atoms with Gasteiger partial charge in [-0.15, -0.1) is 0 Å². The summed E-state index contributed by atoms with van der Waals surface area (Å²) in [6.07, 6.45) is -1.49. The zero-order chi connectivity index (χ0) is 15.1. The maximum Gasteiger partial charge on any atom is 0.231 e. The molecule has 1 aliphatic heterocycles. The first-order valence-corrected chi connectivity index (χ1v) is 6.58. The van der Waals surface area contributed by atoms with Gasteiger partial charge in [0.25, 0.3) is 0 Å². The number of halogens is 3. The summed E-state index contributed by atoms with van der Waals surface area (Å²) in [5, 5.41) is 10.5. The number of hydrogen-bond acceptors (Lipinski definition) is 3. The fourth-order valence-electron chi connectivity index (χ4n) is 2.24. The third-order valence-corrected chi connectivity index (χ3v) is 3.64. The van der Waals surface area contributed by atoms with Crippen molar-refractivity contribution >= 4 is 11.6 Å². The van der Waals surface area contributed by atoms with Gasteiger partial charge in [0.05, 0.1) is 10.6 Å². The Balaban J connectivity index is 2.10. The van der Waals surface area contributed by atoms with Crippen molar-refractivity contribution in [1.82, 2.24) is 0 Å². The van der Waals surface area contributed by atoms with Crippen molar-refractivity contribution in [3.8, 4) is 11.5 Å². The monoisotopic (exact) mass is 312 g/mol. The quantitative estimate of drug-likeness (QED) is 0.918. The maximum absolute atomic E-state index is 14.1. The van der Waals surface area contributed by atoms with Crippen molar-refractivity contribution in [2.24, 2.45) is 0 Å². The van der Waals surface area contributed by atoms with E-state index in [0.29, 0.717) is 11.5 Å². The average molecular weight is 313 g/mol. The van der Waals surface area contributed by atoms with Gasteiger partial charge in [0.15, 0.2) is 11.5 Å². The van der Waals surface area contributed by atoms with Crippen molar-refractivity contribution in [3.05, 3.63) is 57.6 Å². The first kappa shape index (κ1) is 14.1. The summed E-state index contributed by atoms with van der Waals surface area (Å²) in [7, 11) is 0. The lowest BCUT2D eigenvalue weighted by Crippen LogP contribution is -2.07. The summed E-state index contributed by atoms with van der Waals surface area (Å²) < 4.78 is 38.3. The van der Waals surface area contributed by atoms with Crippen LogP contribution in [0.15, 0.2) is 24.3 Å². The minimum atomic E-state index is -1.49. The van der Waals surface area contributed by atoms with Crippen LogP contribution in [0, 0.1) is 18.6 Å². The molecule has 6 heteroatoms. The van der Waals surface area contributed by atoms with Crippen LogP contribution in [0.5, 0.6) is 11.5 Å². The molecule has 1 heterocycles. The highest BCUT2D eigenvalue weighted by Gasteiger charge is 2.25. The highest BCUT2D eigenvalue weighted by atomic mass is 35.5. The van der Waals surface area contributed by atoms with Crippen LogP contribution in [0.25, 0.3) is 0 Å². The maximum atomic E-state index is 14.1. The van der Waals surface area contributed by atoms with Gasteiger partial charge >= 0.3 is 0 Å². The number of hydrogen-bond donors (Lipinski definition) is 1. The summed E-state index contributed by atoms with van der Waals surface area (Å²) in [6.45, 7) is 1.51. The van der Waals surface area contributed by atoms with E-state index >= 15 is 0 Å². The molecule has 110 valence electrons. The molecule has 0 radical (unpaired) electrons. The van der Waals surface area contributed by atoms with E-state index in [4.69, 9.17) is 21.1 Å². The molecule has 3 nitrogen and oxygen atoms in total. The molecule has 0 fully saturated rings. The minimum absolute atomic E-state index is 0.0156. The predicted molar refractivity (Wildman–Crippen MR) is 72.7 cm³/mol. The molecule has 21 heavy (non-hydrogen) atoms. The Morgan fingerprint density at radius 2 is 2.00 bits per heavy atom. The highest BCUT2D eigenvalue weighted by Crippen LogP contribution is 2.42. The molecule has 1 N–H and O–H groups in total. The van der Waals surface area contributed by atoms with E-state index < -0.39 is 23.3 Å².